The van der Waals surface area contributed by atoms with Gasteiger partial charge in [0.1, 0.15) is 5.75 Å². The zero-order chi connectivity index (χ0) is 15.4. The van der Waals surface area contributed by atoms with Gasteiger partial charge in [-0.25, -0.2) is 0 Å². The minimum absolute atomic E-state index is 0.437. The summed E-state index contributed by atoms with van der Waals surface area (Å²) in [5, 5.41) is 9.85. The second-order valence-corrected chi connectivity index (χ2v) is 6.50. The highest BCUT2D eigenvalue weighted by Crippen LogP contribution is 2.23. The summed E-state index contributed by atoms with van der Waals surface area (Å²) in [5.41, 5.74) is 3.27. The van der Waals surface area contributed by atoms with Crippen LogP contribution in [0.2, 0.25) is 0 Å². The standard InChI is InChI=1S/C17H29N3O/c1-14-11-16(12-15(2)17(14)21)13-20-9-7-19(8-10-20)6-5-18(3)4/h11-12,21H,5-10,13H2,1-4H3. The summed E-state index contributed by atoms with van der Waals surface area (Å²) < 4.78 is 0. The third-order valence-corrected chi connectivity index (χ3v) is 4.29. The van der Waals surface area contributed by atoms with E-state index >= 15 is 0 Å². The second-order valence-electron chi connectivity index (χ2n) is 6.50. The molecule has 0 atom stereocenters. The lowest BCUT2D eigenvalue weighted by Crippen LogP contribution is -2.47. The fourth-order valence-electron chi connectivity index (χ4n) is 2.91. The Morgan fingerprint density at radius 1 is 1.00 bits per heavy atom. The molecule has 1 aromatic carbocycles. The van der Waals surface area contributed by atoms with Crippen molar-refractivity contribution in [2.24, 2.45) is 0 Å². The number of phenolic OH excluding ortho intramolecular Hbond substituents is 1. The van der Waals surface area contributed by atoms with Gasteiger partial charge < -0.3 is 10.0 Å². The van der Waals surface area contributed by atoms with Crippen LogP contribution in [-0.4, -0.2) is 73.2 Å². The first-order valence-electron chi connectivity index (χ1n) is 7.84. The highest BCUT2D eigenvalue weighted by Gasteiger charge is 2.17. The Kier molecular flexibility index (Phi) is 5.62. The monoisotopic (exact) mass is 291 g/mol. The van der Waals surface area contributed by atoms with E-state index in [1.165, 1.54) is 5.56 Å². The summed E-state index contributed by atoms with van der Waals surface area (Å²) in [6.45, 7) is 11.8. The highest BCUT2D eigenvalue weighted by molar-refractivity contribution is 5.42. The van der Waals surface area contributed by atoms with Crippen molar-refractivity contribution >= 4 is 0 Å². The summed E-state index contributed by atoms with van der Waals surface area (Å²) in [5.74, 6) is 0.437. The van der Waals surface area contributed by atoms with Crippen molar-refractivity contribution in [2.45, 2.75) is 20.4 Å². The van der Waals surface area contributed by atoms with Crippen LogP contribution in [0.3, 0.4) is 0 Å². The SMILES string of the molecule is Cc1cc(CN2CCN(CCN(C)C)CC2)cc(C)c1O. The van der Waals surface area contributed by atoms with Crippen LogP contribution in [0.1, 0.15) is 16.7 Å². The summed E-state index contributed by atoms with van der Waals surface area (Å²) in [4.78, 5) is 7.30. The van der Waals surface area contributed by atoms with E-state index in [-0.39, 0.29) is 0 Å². The first-order valence-corrected chi connectivity index (χ1v) is 7.84. The summed E-state index contributed by atoms with van der Waals surface area (Å²) in [7, 11) is 4.26. The molecule has 0 unspecified atom stereocenters. The van der Waals surface area contributed by atoms with Gasteiger partial charge in [-0.05, 0) is 44.6 Å². The highest BCUT2D eigenvalue weighted by atomic mass is 16.3. The molecule has 0 saturated carbocycles. The number of aryl methyl sites for hydroxylation is 2. The van der Waals surface area contributed by atoms with Crippen molar-refractivity contribution in [1.82, 2.24) is 14.7 Å². The van der Waals surface area contributed by atoms with Crippen molar-refractivity contribution in [1.29, 1.82) is 0 Å². The van der Waals surface area contributed by atoms with E-state index in [4.69, 9.17) is 0 Å². The van der Waals surface area contributed by atoms with Crippen LogP contribution in [0.5, 0.6) is 5.75 Å². The van der Waals surface area contributed by atoms with Crippen LogP contribution in [0, 0.1) is 13.8 Å². The Balaban J connectivity index is 1.83. The average Bonchev–Trinajstić information content (AvgIpc) is 2.44. The van der Waals surface area contributed by atoms with Gasteiger partial charge in [-0.2, -0.15) is 0 Å². The van der Waals surface area contributed by atoms with Crippen LogP contribution >= 0.6 is 0 Å². The smallest absolute Gasteiger partial charge is 0.121 e. The Morgan fingerprint density at radius 3 is 2.05 bits per heavy atom. The largest absolute Gasteiger partial charge is 0.507 e. The number of hydrogen-bond donors (Lipinski definition) is 1. The van der Waals surface area contributed by atoms with Crippen molar-refractivity contribution in [3.8, 4) is 5.75 Å². The molecule has 0 spiro atoms. The van der Waals surface area contributed by atoms with Crippen molar-refractivity contribution in [3.63, 3.8) is 0 Å². The fraction of sp³-hybridized carbons (Fsp3) is 0.647. The van der Waals surface area contributed by atoms with Gasteiger partial charge in [0.05, 0.1) is 0 Å². The summed E-state index contributed by atoms with van der Waals surface area (Å²) >= 11 is 0. The van der Waals surface area contributed by atoms with Crippen LogP contribution < -0.4 is 0 Å². The lowest BCUT2D eigenvalue weighted by atomic mass is 10.1. The van der Waals surface area contributed by atoms with Gasteiger partial charge in [0, 0.05) is 45.8 Å². The van der Waals surface area contributed by atoms with Crippen molar-refractivity contribution in [3.05, 3.63) is 28.8 Å². The van der Waals surface area contributed by atoms with Gasteiger partial charge in [-0.3, -0.25) is 9.80 Å². The predicted octanol–water partition coefficient (Wildman–Crippen LogP) is 1.69. The molecular formula is C17H29N3O. The maximum absolute atomic E-state index is 9.85. The number of benzene rings is 1. The van der Waals surface area contributed by atoms with Crippen LogP contribution in [0.25, 0.3) is 0 Å². The maximum atomic E-state index is 9.85. The van der Waals surface area contributed by atoms with Crippen LogP contribution in [0.4, 0.5) is 0 Å². The molecule has 1 aliphatic rings. The number of nitrogens with zero attached hydrogens (tertiary/aromatic N) is 3. The number of aromatic hydroxyl groups is 1. The molecule has 21 heavy (non-hydrogen) atoms. The number of phenols is 1. The molecule has 0 aromatic heterocycles. The average molecular weight is 291 g/mol. The van der Waals surface area contributed by atoms with Crippen LogP contribution in [-0.2, 0) is 6.54 Å². The Hall–Kier alpha value is -1.10. The van der Waals surface area contributed by atoms with E-state index in [9.17, 15) is 5.11 Å². The fourth-order valence-corrected chi connectivity index (χ4v) is 2.91. The van der Waals surface area contributed by atoms with E-state index in [2.05, 4.69) is 40.9 Å². The first kappa shape index (κ1) is 16.3. The molecular weight excluding hydrogens is 262 g/mol. The molecule has 4 nitrogen and oxygen atoms in total. The lowest BCUT2D eigenvalue weighted by Gasteiger charge is -2.35. The minimum atomic E-state index is 0.437. The van der Waals surface area contributed by atoms with Crippen molar-refractivity contribution < 1.29 is 5.11 Å². The zero-order valence-electron chi connectivity index (χ0n) is 13.9. The van der Waals surface area contributed by atoms with E-state index in [1.807, 2.05) is 13.8 Å². The maximum Gasteiger partial charge on any atom is 0.121 e. The molecule has 1 aliphatic heterocycles. The minimum Gasteiger partial charge on any atom is -0.507 e. The van der Waals surface area contributed by atoms with E-state index in [0.29, 0.717) is 5.75 Å². The second kappa shape index (κ2) is 7.25. The molecule has 1 saturated heterocycles. The molecule has 118 valence electrons. The Labute approximate surface area is 129 Å². The summed E-state index contributed by atoms with van der Waals surface area (Å²) in [6.07, 6.45) is 0. The zero-order valence-corrected chi connectivity index (χ0v) is 13.9. The number of piperazine rings is 1. The lowest BCUT2D eigenvalue weighted by molar-refractivity contribution is 0.120. The number of rotatable bonds is 5. The van der Waals surface area contributed by atoms with Gasteiger partial charge in [-0.15, -0.1) is 0 Å². The molecule has 1 fully saturated rings. The van der Waals surface area contributed by atoms with Crippen molar-refractivity contribution in [2.75, 3.05) is 53.4 Å². The molecule has 1 N–H and O–H groups in total. The van der Waals surface area contributed by atoms with Gasteiger partial charge in [0.15, 0.2) is 0 Å². The molecule has 2 rings (SSSR count). The van der Waals surface area contributed by atoms with Gasteiger partial charge in [-0.1, -0.05) is 12.1 Å². The van der Waals surface area contributed by atoms with Gasteiger partial charge in [0.25, 0.3) is 0 Å². The molecule has 1 heterocycles. The Morgan fingerprint density at radius 2 is 1.52 bits per heavy atom. The van der Waals surface area contributed by atoms with Gasteiger partial charge >= 0.3 is 0 Å². The molecule has 0 amide bonds. The number of hydrogen-bond acceptors (Lipinski definition) is 4. The molecule has 0 radical (unpaired) electrons. The predicted molar refractivity (Wildman–Crippen MR) is 87.9 cm³/mol. The third-order valence-electron chi connectivity index (χ3n) is 4.29. The first-order chi connectivity index (χ1) is 9.95. The van der Waals surface area contributed by atoms with E-state index in [1.54, 1.807) is 0 Å². The van der Waals surface area contributed by atoms with Crippen LogP contribution in [0.15, 0.2) is 12.1 Å². The molecule has 0 aliphatic carbocycles. The van der Waals surface area contributed by atoms with E-state index < -0.39 is 0 Å². The van der Waals surface area contributed by atoms with Gasteiger partial charge in [0.2, 0.25) is 0 Å². The quantitative estimate of drug-likeness (QED) is 0.894. The number of likely N-dealkylation sites (N-methyl/N-ethyl adjacent to an activating group) is 1. The molecule has 1 aromatic rings. The molecule has 4 heteroatoms. The van der Waals surface area contributed by atoms with E-state index in [0.717, 1.165) is 56.9 Å². The topological polar surface area (TPSA) is 30.0 Å². The normalized spacial score (nSPS) is 17.6. The Bertz CT molecular complexity index is 442. The third kappa shape index (κ3) is 4.70. The summed E-state index contributed by atoms with van der Waals surface area (Å²) in [6, 6.07) is 4.22. The molecule has 0 bridgehead atoms.